The SMILES string of the molecule is CCOc1ccc(N2C(=O)NC(=O)/C(=C\c3cc4c(cc3C)N(C(C)C)C(C)(C)C=C4C)C2=O)cc1. The highest BCUT2D eigenvalue weighted by Crippen LogP contribution is 2.42. The Kier molecular flexibility index (Phi) is 6.52. The van der Waals surface area contributed by atoms with Crippen LogP contribution in [0.4, 0.5) is 16.2 Å². The monoisotopic (exact) mass is 487 g/mol. The number of barbiturate groups is 1. The van der Waals surface area contributed by atoms with E-state index in [1.807, 2.05) is 19.9 Å². The standard InChI is InChI=1S/C29H33N3O4/c1-8-36-22-11-9-21(10-12-22)31-27(34)24(26(33)30-28(31)35)15-20-14-23-19(5)16-29(6,7)32(17(2)3)25(23)13-18(20)4/h9-17H,8H2,1-7H3,(H,30,33,35)/b24-15+. The van der Waals surface area contributed by atoms with Crippen molar-refractivity contribution >= 4 is 40.9 Å². The summed E-state index contributed by atoms with van der Waals surface area (Å²) in [6, 6.07) is 10.3. The van der Waals surface area contributed by atoms with Crippen molar-refractivity contribution in [3.63, 3.8) is 0 Å². The molecule has 2 heterocycles. The molecule has 0 spiro atoms. The fourth-order valence-electron chi connectivity index (χ4n) is 5.22. The van der Waals surface area contributed by atoms with Gasteiger partial charge in [0, 0.05) is 17.3 Å². The third-order valence-electron chi connectivity index (χ3n) is 6.58. The van der Waals surface area contributed by atoms with Gasteiger partial charge in [0.15, 0.2) is 0 Å². The van der Waals surface area contributed by atoms with Crippen molar-refractivity contribution in [2.45, 2.75) is 60.0 Å². The molecular weight excluding hydrogens is 454 g/mol. The topological polar surface area (TPSA) is 79.0 Å². The lowest BCUT2D eigenvalue weighted by Gasteiger charge is -2.46. The number of urea groups is 1. The summed E-state index contributed by atoms with van der Waals surface area (Å²) in [6.45, 7) is 15.2. The first-order valence-corrected chi connectivity index (χ1v) is 12.2. The molecule has 0 aromatic heterocycles. The fourth-order valence-corrected chi connectivity index (χ4v) is 5.22. The van der Waals surface area contributed by atoms with Crippen molar-refractivity contribution < 1.29 is 19.1 Å². The van der Waals surface area contributed by atoms with Gasteiger partial charge in [-0.25, -0.2) is 9.69 Å². The largest absolute Gasteiger partial charge is 0.494 e. The number of imide groups is 2. The Bertz CT molecular complexity index is 1300. The molecule has 0 saturated carbocycles. The normalized spacial score (nSPS) is 18.4. The van der Waals surface area contributed by atoms with Crippen LogP contribution >= 0.6 is 0 Å². The molecule has 188 valence electrons. The lowest BCUT2D eigenvalue weighted by atomic mass is 9.85. The Balaban J connectivity index is 1.76. The maximum absolute atomic E-state index is 13.4. The van der Waals surface area contributed by atoms with Crippen LogP contribution in [-0.4, -0.2) is 36.0 Å². The van der Waals surface area contributed by atoms with Gasteiger partial charge < -0.3 is 9.64 Å². The molecule has 0 aliphatic carbocycles. The minimum Gasteiger partial charge on any atom is -0.494 e. The first-order valence-electron chi connectivity index (χ1n) is 12.2. The van der Waals surface area contributed by atoms with Crippen molar-refractivity contribution in [2.75, 3.05) is 16.4 Å². The molecule has 0 bridgehead atoms. The van der Waals surface area contributed by atoms with Gasteiger partial charge in [-0.2, -0.15) is 0 Å². The third kappa shape index (κ3) is 4.41. The molecular formula is C29H33N3O4. The van der Waals surface area contributed by atoms with Crippen molar-refractivity contribution in [2.24, 2.45) is 0 Å². The number of nitrogens with one attached hydrogen (secondary N) is 1. The minimum atomic E-state index is -0.776. The maximum atomic E-state index is 13.4. The van der Waals surface area contributed by atoms with E-state index in [0.29, 0.717) is 18.0 Å². The van der Waals surface area contributed by atoms with Crippen LogP contribution < -0.4 is 19.9 Å². The Hall–Kier alpha value is -3.87. The molecule has 0 unspecified atom stereocenters. The van der Waals surface area contributed by atoms with Crippen LogP contribution in [-0.2, 0) is 9.59 Å². The van der Waals surface area contributed by atoms with Crippen LogP contribution in [0.15, 0.2) is 48.0 Å². The summed E-state index contributed by atoms with van der Waals surface area (Å²) in [5.41, 5.74) is 5.13. The molecule has 1 saturated heterocycles. The summed E-state index contributed by atoms with van der Waals surface area (Å²) < 4.78 is 5.44. The lowest BCUT2D eigenvalue weighted by molar-refractivity contribution is -0.122. The smallest absolute Gasteiger partial charge is 0.335 e. The summed E-state index contributed by atoms with van der Waals surface area (Å²) in [4.78, 5) is 42.1. The number of hydrogen-bond acceptors (Lipinski definition) is 5. The van der Waals surface area contributed by atoms with E-state index in [-0.39, 0.29) is 17.2 Å². The number of aryl methyl sites for hydroxylation is 1. The number of fused-ring (bicyclic) bond motifs is 1. The second-order valence-electron chi connectivity index (χ2n) is 10.1. The Morgan fingerprint density at radius 1 is 1.06 bits per heavy atom. The molecule has 7 heteroatoms. The van der Waals surface area contributed by atoms with E-state index >= 15 is 0 Å². The van der Waals surface area contributed by atoms with E-state index in [4.69, 9.17) is 4.74 Å². The first-order chi connectivity index (χ1) is 16.9. The van der Waals surface area contributed by atoms with Crippen LogP contribution in [0.5, 0.6) is 5.75 Å². The van der Waals surface area contributed by atoms with Crippen molar-refractivity contribution in [3.05, 3.63) is 64.7 Å². The number of nitrogens with zero attached hydrogens (tertiary/aromatic N) is 2. The van der Waals surface area contributed by atoms with Crippen molar-refractivity contribution in [3.8, 4) is 5.75 Å². The van der Waals surface area contributed by atoms with Crippen LogP contribution in [0.1, 0.15) is 58.2 Å². The number of carbonyl (C=O) groups excluding carboxylic acids is 3. The third-order valence-corrected chi connectivity index (χ3v) is 6.58. The highest BCUT2D eigenvalue weighted by Gasteiger charge is 2.37. The van der Waals surface area contributed by atoms with E-state index in [2.05, 4.69) is 57.0 Å². The zero-order valence-electron chi connectivity index (χ0n) is 21.9. The van der Waals surface area contributed by atoms with Gasteiger partial charge in [0.1, 0.15) is 11.3 Å². The minimum absolute atomic E-state index is 0.0926. The molecule has 4 amide bonds. The number of allylic oxidation sites excluding steroid dienone is 1. The molecule has 0 atom stereocenters. The predicted octanol–water partition coefficient (Wildman–Crippen LogP) is 5.47. The molecule has 1 N–H and O–H groups in total. The second-order valence-corrected chi connectivity index (χ2v) is 10.1. The lowest BCUT2D eigenvalue weighted by Crippen LogP contribution is -2.54. The van der Waals surface area contributed by atoms with Gasteiger partial charge >= 0.3 is 6.03 Å². The molecule has 2 aliphatic rings. The number of benzene rings is 2. The first kappa shape index (κ1) is 25.2. The summed E-state index contributed by atoms with van der Waals surface area (Å²) in [5.74, 6) is -0.742. The maximum Gasteiger partial charge on any atom is 0.335 e. The number of rotatable bonds is 5. The Morgan fingerprint density at radius 2 is 1.72 bits per heavy atom. The van der Waals surface area contributed by atoms with Gasteiger partial charge in [-0.15, -0.1) is 0 Å². The van der Waals surface area contributed by atoms with Gasteiger partial charge in [-0.05, 0) is 108 Å². The highest BCUT2D eigenvalue weighted by atomic mass is 16.5. The number of anilines is 2. The van der Waals surface area contributed by atoms with E-state index in [0.717, 1.165) is 32.9 Å². The van der Waals surface area contributed by atoms with Gasteiger partial charge in [-0.3, -0.25) is 14.9 Å². The molecule has 4 rings (SSSR count). The second kappa shape index (κ2) is 9.30. The van der Waals surface area contributed by atoms with Crippen molar-refractivity contribution in [1.82, 2.24) is 5.32 Å². The zero-order valence-corrected chi connectivity index (χ0v) is 21.9. The van der Waals surface area contributed by atoms with Gasteiger partial charge in [0.05, 0.1) is 17.8 Å². The van der Waals surface area contributed by atoms with Crippen LogP contribution in [0, 0.1) is 6.92 Å². The Labute approximate surface area is 212 Å². The van der Waals surface area contributed by atoms with E-state index in [1.54, 1.807) is 30.3 Å². The van der Waals surface area contributed by atoms with Gasteiger partial charge in [-0.1, -0.05) is 6.08 Å². The molecule has 1 fully saturated rings. The molecule has 0 radical (unpaired) electrons. The van der Waals surface area contributed by atoms with E-state index in [1.165, 1.54) is 0 Å². The number of carbonyl (C=O) groups is 3. The van der Waals surface area contributed by atoms with Gasteiger partial charge in [0.25, 0.3) is 11.8 Å². The van der Waals surface area contributed by atoms with Crippen molar-refractivity contribution in [1.29, 1.82) is 0 Å². The zero-order chi connectivity index (χ0) is 26.4. The number of amides is 4. The summed E-state index contributed by atoms with van der Waals surface area (Å²) in [7, 11) is 0. The summed E-state index contributed by atoms with van der Waals surface area (Å²) in [6.07, 6.45) is 3.82. The Morgan fingerprint density at radius 3 is 2.33 bits per heavy atom. The van der Waals surface area contributed by atoms with E-state index < -0.39 is 17.8 Å². The average Bonchev–Trinajstić information content (AvgIpc) is 2.77. The summed E-state index contributed by atoms with van der Waals surface area (Å²) in [5, 5.41) is 2.30. The van der Waals surface area contributed by atoms with Gasteiger partial charge in [0.2, 0.25) is 0 Å². The number of ether oxygens (including phenoxy) is 1. The predicted molar refractivity (Wildman–Crippen MR) is 143 cm³/mol. The van der Waals surface area contributed by atoms with Crippen LogP contribution in [0.3, 0.4) is 0 Å². The fraction of sp³-hybridized carbons (Fsp3) is 0.345. The molecule has 2 aromatic rings. The quantitative estimate of drug-likeness (QED) is 0.447. The average molecular weight is 488 g/mol. The molecule has 2 aliphatic heterocycles. The van der Waals surface area contributed by atoms with E-state index in [9.17, 15) is 14.4 Å². The molecule has 36 heavy (non-hydrogen) atoms. The van der Waals surface area contributed by atoms with Crippen LogP contribution in [0.25, 0.3) is 11.6 Å². The molecule has 2 aromatic carbocycles. The summed E-state index contributed by atoms with van der Waals surface area (Å²) >= 11 is 0. The number of hydrogen-bond donors (Lipinski definition) is 1. The molecule has 7 nitrogen and oxygen atoms in total. The van der Waals surface area contributed by atoms with Crippen LogP contribution in [0.2, 0.25) is 0 Å². The highest BCUT2D eigenvalue weighted by molar-refractivity contribution is 6.39.